The molecule has 1 aromatic carbocycles. The zero-order valence-electron chi connectivity index (χ0n) is 13.1. The maximum atomic E-state index is 12.8. The highest BCUT2D eigenvalue weighted by Gasteiger charge is 2.24. The second-order valence-corrected chi connectivity index (χ2v) is 6.08. The van der Waals surface area contributed by atoms with Crippen molar-refractivity contribution in [2.24, 2.45) is 5.92 Å². The number of benzene rings is 1. The lowest BCUT2D eigenvalue weighted by molar-refractivity contribution is 0.0901. The third-order valence-corrected chi connectivity index (χ3v) is 4.03. The summed E-state index contributed by atoms with van der Waals surface area (Å²) in [5, 5.41) is 4.20. The van der Waals surface area contributed by atoms with Crippen LogP contribution in [0.2, 0.25) is 0 Å². The van der Waals surface area contributed by atoms with Crippen LogP contribution >= 0.6 is 0 Å². The summed E-state index contributed by atoms with van der Waals surface area (Å²) in [4.78, 5) is 17.3. The van der Waals surface area contributed by atoms with Crippen LogP contribution in [0.15, 0.2) is 30.5 Å². The average molecular weight is 298 g/mol. The summed E-state index contributed by atoms with van der Waals surface area (Å²) in [5.41, 5.74) is 1.53. The number of pyridine rings is 1. The first-order chi connectivity index (χ1) is 10.7. The molecule has 3 rings (SSSR count). The first-order valence-corrected chi connectivity index (χ1v) is 7.96. The Morgan fingerprint density at radius 1 is 1.36 bits per heavy atom. The quantitative estimate of drug-likeness (QED) is 0.881. The van der Waals surface area contributed by atoms with Gasteiger partial charge < -0.3 is 10.1 Å². The predicted molar refractivity (Wildman–Crippen MR) is 87.4 cm³/mol. The molecule has 0 saturated carbocycles. The molecule has 4 nitrogen and oxygen atoms in total. The first kappa shape index (κ1) is 15.0. The van der Waals surface area contributed by atoms with Crippen molar-refractivity contribution in [1.29, 1.82) is 0 Å². The third kappa shape index (κ3) is 2.97. The lowest BCUT2D eigenvalue weighted by atomic mass is 9.89. The van der Waals surface area contributed by atoms with Crippen LogP contribution in [-0.2, 0) is 0 Å². The standard InChI is InChI=1S/C18H22N2O2/c1-12(2)22-16-8-7-15(14-6-4-10-20-17(14)16)18(21)13-5-3-9-19-11-13/h4,6-8,10,12-13,19H,3,5,9,11H2,1-2H3. The molecule has 1 aliphatic heterocycles. The number of ether oxygens (including phenoxy) is 1. The fraction of sp³-hybridized carbons (Fsp3) is 0.444. The highest BCUT2D eigenvalue weighted by molar-refractivity contribution is 6.09. The minimum Gasteiger partial charge on any atom is -0.489 e. The van der Waals surface area contributed by atoms with Gasteiger partial charge >= 0.3 is 0 Å². The van der Waals surface area contributed by atoms with E-state index in [0.29, 0.717) is 0 Å². The number of hydrogen-bond acceptors (Lipinski definition) is 4. The van der Waals surface area contributed by atoms with E-state index in [1.165, 1.54) is 0 Å². The van der Waals surface area contributed by atoms with Crippen LogP contribution in [0.1, 0.15) is 37.0 Å². The fourth-order valence-electron chi connectivity index (χ4n) is 3.01. The molecule has 0 spiro atoms. The number of piperidine rings is 1. The van der Waals surface area contributed by atoms with Crippen LogP contribution in [0.3, 0.4) is 0 Å². The van der Waals surface area contributed by atoms with Crippen LogP contribution < -0.4 is 10.1 Å². The van der Waals surface area contributed by atoms with Gasteiger partial charge in [0.2, 0.25) is 0 Å². The van der Waals surface area contributed by atoms with E-state index in [0.717, 1.165) is 48.1 Å². The average Bonchev–Trinajstić information content (AvgIpc) is 2.55. The summed E-state index contributed by atoms with van der Waals surface area (Å²) >= 11 is 0. The molecule has 0 bridgehead atoms. The highest BCUT2D eigenvalue weighted by atomic mass is 16.5. The van der Waals surface area contributed by atoms with Gasteiger partial charge in [-0.25, -0.2) is 0 Å². The van der Waals surface area contributed by atoms with Crippen LogP contribution in [0, 0.1) is 5.92 Å². The van der Waals surface area contributed by atoms with Gasteiger partial charge in [-0.2, -0.15) is 0 Å². The molecule has 22 heavy (non-hydrogen) atoms. The summed E-state index contributed by atoms with van der Waals surface area (Å²) < 4.78 is 5.82. The molecule has 1 unspecified atom stereocenters. The highest BCUT2D eigenvalue weighted by Crippen LogP contribution is 2.29. The third-order valence-electron chi connectivity index (χ3n) is 4.03. The molecule has 1 atom stereocenters. The number of hydrogen-bond donors (Lipinski definition) is 1. The number of nitrogens with zero attached hydrogens (tertiary/aromatic N) is 1. The van der Waals surface area contributed by atoms with E-state index in [4.69, 9.17) is 4.74 Å². The van der Waals surface area contributed by atoms with Gasteiger partial charge in [-0.05, 0) is 51.4 Å². The van der Waals surface area contributed by atoms with Crippen molar-refractivity contribution >= 4 is 16.7 Å². The number of fused-ring (bicyclic) bond motifs is 1. The van der Waals surface area contributed by atoms with Gasteiger partial charge in [0.25, 0.3) is 0 Å². The van der Waals surface area contributed by atoms with Gasteiger partial charge in [0.05, 0.1) is 6.10 Å². The fourth-order valence-corrected chi connectivity index (χ4v) is 3.01. The SMILES string of the molecule is CC(C)Oc1ccc(C(=O)C2CCCNC2)c2cccnc12. The Labute approximate surface area is 130 Å². The minimum absolute atomic E-state index is 0.0639. The monoisotopic (exact) mass is 298 g/mol. The van der Waals surface area contributed by atoms with Gasteiger partial charge in [-0.15, -0.1) is 0 Å². The largest absolute Gasteiger partial charge is 0.489 e. The summed E-state index contributed by atoms with van der Waals surface area (Å²) in [5.74, 6) is 1.01. The van der Waals surface area contributed by atoms with Crippen molar-refractivity contribution in [2.75, 3.05) is 13.1 Å². The molecule has 0 amide bonds. The summed E-state index contributed by atoms with van der Waals surface area (Å²) in [7, 11) is 0. The molecule has 2 heterocycles. The summed E-state index contributed by atoms with van der Waals surface area (Å²) in [6.45, 7) is 5.75. The zero-order valence-corrected chi connectivity index (χ0v) is 13.1. The van der Waals surface area contributed by atoms with Crippen molar-refractivity contribution in [1.82, 2.24) is 10.3 Å². The number of rotatable bonds is 4. The lowest BCUT2D eigenvalue weighted by Gasteiger charge is -2.22. The molecule has 2 aromatic rings. The van der Waals surface area contributed by atoms with Crippen molar-refractivity contribution in [3.8, 4) is 5.75 Å². The number of Topliss-reactive ketones (excluding diaryl/α,β-unsaturated/α-hetero) is 1. The molecule has 116 valence electrons. The Morgan fingerprint density at radius 2 is 2.23 bits per heavy atom. The molecular weight excluding hydrogens is 276 g/mol. The first-order valence-electron chi connectivity index (χ1n) is 7.96. The number of aromatic nitrogens is 1. The van der Waals surface area contributed by atoms with Crippen molar-refractivity contribution in [3.05, 3.63) is 36.0 Å². The van der Waals surface area contributed by atoms with Gasteiger partial charge in [-0.3, -0.25) is 9.78 Å². The van der Waals surface area contributed by atoms with E-state index in [1.54, 1.807) is 6.20 Å². The van der Waals surface area contributed by atoms with Gasteiger partial charge in [0.15, 0.2) is 5.78 Å². The van der Waals surface area contributed by atoms with Crippen LogP contribution in [0.4, 0.5) is 0 Å². The Hall–Kier alpha value is -1.94. The molecule has 1 saturated heterocycles. The topological polar surface area (TPSA) is 51.2 Å². The molecule has 1 N–H and O–H groups in total. The Bertz CT molecular complexity index is 676. The number of nitrogens with one attached hydrogen (secondary N) is 1. The molecular formula is C18H22N2O2. The van der Waals surface area contributed by atoms with E-state index in [-0.39, 0.29) is 17.8 Å². The number of ketones is 1. The molecule has 1 aliphatic rings. The lowest BCUT2D eigenvalue weighted by Crippen LogP contribution is -2.34. The molecule has 0 radical (unpaired) electrons. The Balaban J connectivity index is 2.01. The summed E-state index contributed by atoms with van der Waals surface area (Å²) in [6.07, 6.45) is 3.83. The van der Waals surface area contributed by atoms with Crippen molar-refractivity contribution < 1.29 is 9.53 Å². The van der Waals surface area contributed by atoms with E-state index in [2.05, 4.69) is 10.3 Å². The Kier molecular flexibility index (Phi) is 4.39. The summed E-state index contributed by atoms with van der Waals surface area (Å²) in [6, 6.07) is 7.59. The number of carbonyl (C=O) groups is 1. The maximum Gasteiger partial charge on any atom is 0.167 e. The maximum absolute atomic E-state index is 12.8. The van der Waals surface area contributed by atoms with E-state index < -0.39 is 0 Å². The van der Waals surface area contributed by atoms with Gasteiger partial charge in [0, 0.05) is 29.6 Å². The van der Waals surface area contributed by atoms with E-state index in [1.807, 2.05) is 38.1 Å². The Morgan fingerprint density at radius 3 is 2.95 bits per heavy atom. The van der Waals surface area contributed by atoms with Crippen molar-refractivity contribution in [2.45, 2.75) is 32.8 Å². The van der Waals surface area contributed by atoms with Crippen LogP contribution in [0.25, 0.3) is 10.9 Å². The molecule has 0 aliphatic carbocycles. The van der Waals surface area contributed by atoms with Gasteiger partial charge in [0.1, 0.15) is 11.3 Å². The predicted octanol–water partition coefficient (Wildman–Crippen LogP) is 3.20. The van der Waals surface area contributed by atoms with Crippen LogP contribution in [0.5, 0.6) is 5.75 Å². The minimum atomic E-state index is 0.0639. The second kappa shape index (κ2) is 6.44. The molecule has 1 fully saturated rings. The zero-order chi connectivity index (χ0) is 15.5. The van der Waals surface area contributed by atoms with Crippen LogP contribution in [-0.4, -0.2) is 30.0 Å². The normalized spacial score (nSPS) is 18.6. The molecule has 1 aromatic heterocycles. The van der Waals surface area contributed by atoms with Crippen molar-refractivity contribution in [3.63, 3.8) is 0 Å². The number of carbonyl (C=O) groups excluding carboxylic acids is 1. The molecule has 4 heteroatoms. The van der Waals surface area contributed by atoms with Gasteiger partial charge in [-0.1, -0.05) is 6.07 Å². The smallest absolute Gasteiger partial charge is 0.167 e. The second-order valence-electron chi connectivity index (χ2n) is 6.08. The van der Waals surface area contributed by atoms with E-state index >= 15 is 0 Å². The van der Waals surface area contributed by atoms with E-state index in [9.17, 15) is 4.79 Å².